The Kier molecular flexibility index (Phi) is 10.2. The molecule has 8 nitrogen and oxygen atoms in total. The van der Waals surface area contributed by atoms with Gasteiger partial charge < -0.3 is 29.4 Å². The smallest absolute Gasteiger partial charge is 0.227 e. The van der Waals surface area contributed by atoms with E-state index < -0.39 is 0 Å². The molecule has 3 rings (SSSR count). The molecule has 0 radical (unpaired) electrons. The average molecular weight is 445 g/mol. The summed E-state index contributed by atoms with van der Waals surface area (Å²) in [5, 5.41) is 3.67. The summed E-state index contributed by atoms with van der Waals surface area (Å²) in [4.78, 5) is 14.8. The SMILES string of the molecule is COc1c(NC(=O)C(C)C)c(OCCN2CCCCC2)c(OC)c2occc12.Cl.O. The van der Waals surface area contributed by atoms with E-state index in [9.17, 15) is 4.79 Å². The van der Waals surface area contributed by atoms with Crippen LogP contribution in [0.3, 0.4) is 0 Å². The summed E-state index contributed by atoms with van der Waals surface area (Å²) >= 11 is 0. The molecule has 0 atom stereocenters. The second kappa shape index (κ2) is 11.9. The van der Waals surface area contributed by atoms with Gasteiger partial charge in [0.2, 0.25) is 11.7 Å². The van der Waals surface area contributed by atoms with E-state index in [0.29, 0.717) is 35.1 Å². The number of fused-ring (bicyclic) bond motifs is 1. The molecule has 0 unspecified atom stereocenters. The third-order valence-corrected chi connectivity index (χ3v) is 5.06. The van der Waals surface area contributed by atoms with E-state index in [1.807, 2.05) is 13.8 Å². The van der Waals surface area contributed by atoms with E-state index in [2.05, 4.69) is 10.2 Å². The van der Waals surface area contributed by atoms with Crippen LogP contribution >= 0.6 is 12.4 Å². The van der Waals surface area contributed by atoms with E-state index in [-0.39, 0.29) is 29.7 Å². The van der Waals surface area contributed by atoms with Crippen LogP contribution in [0.1, 0.15) is 33.1 Å². The standard InChI is InChI=1S/C21H30N2O5.ClH.H2O/c1-14(2)21(24)22-16-17(25-3)15-8-12-27-18(15)20(26-4)19(16)28-13-11-23-9-6-5-7-10-23;;/h8,12,14H,5-7,9-11,13H2,1-4H3,(H,22,24);1H;1H2. The number of rotatable bonds is 8. The van der Waals surface area contributed by atoms with E-state index in [4.69, 9.17) is 18.6 Å². The number of furan rings is 1. The molecule has 1 amide bonds. The van der Waals surface area contributed by atoms with Crippen molar-refractivity contribution < 1.29 is 28.9 Å². The zero-order valence-electron chi connectivity index (χ0n) is 18.1. The third kappa shape index (κ3) is 5.50. The van der Waals surface area contributed by atoms with Crippen LogP contribution in [0, 0.1) is 5.92 Å². The van der Waals surface area contributed by atoms with Gasteiger partial charge in [0.25, 0.3) is 0 Å². The molecule has 2 aromatic rings. The van der Waals surface area contributed by atoms with Gasteiger partial charge in [-0.2, -0.15) is 0 Å². The van der Waals surface area contributed by atoms with E-state index >= 15 is 0 Å². The number of likely N-dealkylation sites (tertiary alicyclic amines) is 1. The maximum atomic E-state index is 12.4. The predicted octanol–water partition coefficient (Wildman–Crippen LogP) is 3.51. The molecule has 0 aliphatic carbocycles. The van der Waals surface area contributed by atoms with Gasteiger partial charge in [-0.3, -0.25) is 9.69 Å². The van der Waals surface area contributed by atoms with Gasteiger partial charge in [0.05, 0.1) is 25.9 Å². The minimum absolute atomic E-state index is 0. The highest BCUT2D eigenvalue weighted by Gasteiger charge is 2.26. The van der Waals surface area contributed by atoms with Crippen molar-refractivity contribution in [3.05, 3.63) is 12.3 Å². The fourth-order valence-corrected chi connectivity index (χ4v) is 3.49. The number of piperidine rings is 1. The summed E-state index contributed by atoms with van der Waals surface area (Å²) in [6.45, 7) is 7.17. The molecular weight excluding hydrogens is 412 g/mol. The molecule has 1 saturated heterocycles. The third-order valence-electron chi connectivity index (χ3n) is 5.06. The van der Waals surface area contributed by atoms with Crippen molar-refractivity contribution in [2.75, 3.05) is 45.8 Å². The second-order valence-electron chi connectivity index (χ2n) is 7.33. The van der Waals surface area contributed by atoms with Crippen molar-refractivity contribution in [1.29, 1.82) is 0 Å². The van der Waals surface area contributed by atoms with Gasteiger partial charge in [-0.25, -0.2) is 0 Å². The van der Waals surface area contributed by atoms with Crippen molar-refractivity contribution in [1.82, 2.24) is 4.90 Å². The zero-order valence-corrected chi connectivity index (χ0v) is 18.9. The van der Waals surface area contributed by atoms with Crippen molar-refractivity contribution in [3.63, 3.8) is 0 Å². The Balaban J connectivity index is 0.00000225. The van der Waals surface area contributed by atoms with Crippen LogP contribution < -0.4 is 19.5 Å². The number of ether oxygens (including phenoxy) is 3. The Morgan fingerprint density at radius 1 is 1.13 bits per heavy atom. The minimum Gasteiger partial charge on any atom is -0.494 e. The molecule has 2 heterocycles. The number of anilines is 1. The number of benzene rings is 1. The number of hydrogen-bond acceptors (Lipinski definition) is 6. The van der Waals surface area contributed by atoms with E-state index in [0.717, 1.165) is 25.0 Å². The van der Waals surface area contributed by atoms with Gasteiger partial charge in [0, 0.05) is 12.5 Å². The van der Waals surface area contributed by atoms with Crippen LogP contribution in [0.2, 0.25) is 0 Å². The summed E-state index contributed by atoms with van der Waals surface area (Å²) in [5.74, 6) is 1.10. The molecule has 170 valence electrons. The molecule has 1 aromatic carbocycles. The number of amides is 1. The first-order chi connectivity index (χ1) is 13.6. The van der Waals surface area contributed by atoms with Gasteiger partial charge in [-0.1, -0.05) is 20.3 Å². The van der Waals surface area contributed by atoms with Gasteiger partial charge in [0.15, 0.2) is 17.1 Å². The summed E-state index contributed by atoms with van der Waals surface area (Å²) < 4.78 is 23.0. The first-order valence-electron chi connectivity index (χ1n) is 9.88. The minimum atomic E-state index is -0.183. The summed E-state index contributed by atoms with van der Waals surface area (Å²) in [6.07, 6.45) is 5.32. The summed E-state index contributed by atoms with van der Waals surface area (Å²) in [6, 6.07) is 1.79. The molecule has 9 heteroatoms. The maximum Gasteiger partial charge on any atom is 0.227 e. The Labute approximate surface area is 183 Å². The molecule has 1 aliphatic rings. The number of nitrogens with zero attached hydrogens (tertiary/aromatic N) is 1. The van der Waals surface area contributed by atoms with Crippen LogP contribution in [-0.4, -0.2) is 56.7 Å². The summed E-state index contributed by atoms with van der Waals surface area (Å²) in [5.41, 5.74) is 1.01. The predicted molar refractivity (Wildman–Crippen MR) is 119 cm³/mol. The molecule has 30 heavy (non-hydrogen) atoms. The van der Waals surface area contributed by atoms with Gasteiger partial charge in [0.1, 0.15) is 12.3 Å². The van der Waals surface area contributed by atoms with Gasteiger partial charge >= 0.3 is 0 Å². The topological polar surface area (TPSA) is 105 Å². The molecule has 1 aromatic heterocycles. The van der Waals surface area contributed by atoms with Crippen molar-refractivity contribution in [2.24, 2.45) is 5.92 Å². The van der Waals surface area contributed by atoms with Gasteiger partial charge in [-0.15, -0.1) is 12.4 Å². The lowest BCUT2D eigenvalue weighted by Crippen LogP contribution is -2.33. The largest absolute Gasteiger partial charge is 0.494 e. The lowest BCUT2D eigenvalue weighted by atomic mass is 10.1. The van der Waals surface area contributed by atoms with Crippen molar-refractivity contribution in [3.8, 4) is 17.2 Å². The fraction of sp³-hybridized carbons (Fsp3) is 0.571. The monoisotopic (exact) mass is 444 g/mol. The summed E-state index contributed by atoms with van der Waals surface area (Å²) in [7, 11) is 3.13. The van der Waals surface area contributed by atoms with Crippen LogP contribution in [0.25, 0.3) is 11.0 Å². The van der Waals surface area contributed by atoms with Crippen molar-refractivity contribution in [2.45, 2.75) is 33.1 Å². The zero-order chi connectivity index (χ0) is 20.1. The number of carbonyl (C=O) groups excluding carboxylic acids is 1. The Bertz CT molecular complexity index is 817. The quantitative estimate of drug-likeness (QED) is 0.668. The van der Waals surface area contributed by atoms with Gasteiger partial charge in [-0.05, 0) is 32.0 Å². The van der Waals surface area contributed by atoms with Crippen LogP contribution in [0.5, 0.6) is 17.2 Å². The number of carbonyl (C=O) groups is 1. The van der Waals surface area contributed by atoms with Crippen LogP contribution in [-0.2, 0) is 4.79 Å². The van der Waals surface area contributed by atoms with Crippen molar-refractivity contribution >= 4 is 35.0 Å². The Hall–Kier alpha value is -2.16. The lowest BCUT2D eigenvalue weighted by Gasteiger charge is -2.27. The first-order valence-corrected chi connectivity index (χ1v) is 9.88. The second-order valence-corrected chi connectivity index (χ2v) is 7.33. The van der Waals surface area contributed by atoms with E-state index in [1.165, 1.54) is 19.3 Å². The number of methoxy groups -OCH3 is 2. The number of halogens is 1. The van der Waals surface area contributed by atoms with E-state index in [1.54, 1.807) is 26.5 Å². The van der Waals surface area contributed by atoms with Crippen LogP contribution in [0.15, 0.2) is 16.7 Å². The fourth-order valence-electron chi connectivity index (χ4n) is 3.49. The Morgan fingerprint density at radius 2 is 1.80 bits per heavy atom. The molecule has 0 saturated carbocycles. The highest BCUT2D eigenvalue weighted by atomic mass is 35.5. The number of hydrogen-bond donors (Lipinski definition) is 1. The molecule has 0 bridgehead atoms. The molecule has 1 aliphatic heterocycles. The molecule has 0 spiro atoms. The maximum absolute atomic E-state index is 12.4. The normalized spacial score (nSPS) is 14.0. The Morgan fingerprint density at radius 3 is 2.40 bits per heavy atom. The lowest BCUT2D eigenvalue weighted by molar-refractivity contribution is -0.118. The highest BCUT2D eigenvalue weighted by molar-refractivity contribution is 6.04. The first kappa shape index (κ1) is 25.9. The molecule has 3 N–H and O–H groups in total. The number of nitrogens with one attached hydrogen (secondary N) is 1. The molecular formula is C21H33ClN2O6. The average Bonchev–Trinajstić information content (AvgIpc) is 3.18. The molecule has 1 fully saturated rings. The van der Waals surface area contributed by atoms with Crippen LogP contribution in [0.4, 0.5) is 5.69 Å². The highest BCUT2D eigenvalue weighted by Crippen LogP contribution is 2.50.